The molecule has 1 amide bonds. The highest BCUT2D eigenvalue weighted by molar-refractivity contribution is 5.79. The summed E-state index contributed by atoms with van der Waals surface area (Å²) >= 11 is 0. The van der Waals surface area contributed by atoms with E-state index >= 15 is 0 Å². The summed E-state index contributed by atoms with van der Waals surface area (Å²) in [6, 6.07) is 0.435. The summed E-state index contributed by atoms with van der Waals surface area (Å²) in [4.78, 5) is 24.3. The van der Waals surface area contributed by atoms with Gasteiger partial charge in [-0.3, -0.25) is 4.79 Å². The number of likely N-dealkylation sites (tertiary alicyclic amines) is 1. The third-order valence-electron chi connectivity index (χ3n) is 3.29. The van der Waals surface area contributed by atoms with Gasteiger partial charge in [0.05, 0.1) is 0 Å². The molecule has 1 saturated heterocycles. The lowest BCUT2D eigenvalue weighted by Gasteiger charge is -2.39. The maximum atomic E-state index is 12.0. The molecule has 0 bridgehead atoms. The Labute approximate surface area is 102 Å². The molecule has 0 saturated carbocycles. The molecule has 5 nitrogen and oxygen atoms in total. The molecule has 0 radical (unpaired) electrons. The number of nitrogens with zero attached hydrogens (tertiary/aromatic N) is 1. The van der Waals surface area contributed by atoms with Crippen LogP contribution < -0.4 is 0 Å². The molecular formula is C12H21NO4. The van der Waals surface area contributed by atoms with Crippen molar-refractivity contribution in [1.82, 2.24) is 4.90 Å². The molecule has 0 aromatic rings. The summed E-state index contributed by atoms with van der Waals surface area (Å²) in [5.74, 6) is -1.16. The number of hydrogen-bond acceptors (Lipinski definition) is 3. The zero-order valence-electron chi connectivity index (χ0n) is 10.7. The van der Waals surface area contributed by atoms with Crippen molar-refractivity contribution in [1.29, 1.82) is 0 Å². The van der Waals surface area contributed by atoms with Gasteiger partial charge in [-0.05, 0) is 40.0 Å². The number of amides is 1. The van der Waals surface area contributed by atoms with Crippen LogP contribution in [-0.4, -0.2) is 46.7 Å². The van der Waals surface area contributed by atoms with Gasteiger partial charge in [-0.2, -0.15) is 0 Å². The van der Waals surface area contributed by atoms with Crippen LogP contribution >= 0.6 is 0 Å². The Hall–Kier alpha value is -1.10. The minimum atomic E-state index is -1.04. The van der Waals surface area contributed by atoms with E-state index in [1.54, 1.807) is 0 Å². The zero-order valence-corrected chi connectivity index (χ0v) is 10.7. The van der Waals surface area contributed by atoms with Crippen molar-refractivity contribution in [2.45, 2.75) is 58.2 Å². The van der Waals surface area contributed by atoms with Crippen LogP contribution in [0.3, 0.4) is 0 Å². The predicted octanol–water partition coefficient (Wildman–Crippen LogP) is 1.27. The van der Waals surface area contributed by atoms with Crippen molar-refractivity contribution < 1.29 is 19.4 Å². The number of carboxylic acid groups (broad SMARTS) is 1. The van der Waals surface area contributed by atoms with Crippen molar-refractivity contribution >= 4 is 11.9 Å². The number of piperidine rings is 1. The predicted molar refractivity (Wildman–Crippen MR) is 62.7 cm³/mol. The lowest BCUT2D eigenvalue weighted by molar-refractivity contribution is -0.154. The first-order chi connectivity index (χ1) is 7.93. The quantitative estimate of drug-likeness (QED) is 0.807. The standard InChI is InChI=1S/C12H21NO4/c1-8-5-4-6-9(2)13(8)11(14)7-17-10(3)12(15)16/h8-10H,4-7H2,1-3H3,(H,15,16)/t8?,9?,10-/m0/s1. The average molecular weight is 243 g/mol. The summed E-state index contributed by atoms with van der Waals surface area (Å²) in [6.07, 6.45) is 2.21. The van der Waals surface area contributed by atoms with Crippen molar-refractivity contribution in [2.75, 3.05) is 6.61 Å². The SMILES string of the molecule is CC1CCCC(C)N1C(=O)CO[C@@H](C)C(=O)O. The second-order valence-electron chi connectivity index (χ2n) is 4.72. The van der Waals surface area contributed by atoms with Crippen molar-refractivity contribution in [2.24, 2.45) is 0 Å². The maximum Gasteiger partial charge on any atom is 0.332 e. The lowest BCUT2D eigenvalue weighted by Crippen LogP contribution is -2.49. The number of ether oxygens (including phenoxy) is 1. The van der Waals surface area contributed by atoms with E-state index in [2.05, 4.69) is 0 Å². The molecule has 1 heterocycles. The first kappa shape index (κ1) is 14.0. The Morgan fingerprint density at radius 2 is 1.88 bits per heavy atom. The van der Waals surface area contributed by atoms with Crippen LogP contribution in [0.5, 0.6) is 0 Å². The summed E-state index contributed by atoms with van der Waals surface area (Å²) in [5, 5.41) is 8.66. The van der Waals surface area contributed by atoms with E-state index in [9.17, 15) is 9.59 Å². The minimum absolute atomic E-state index is 0.113. The third-order valence-corrected chi connectivity index (χ3v) is 3.29. The van der Waals surface area contributed by atoms with Crippen LogP contribution in [-0.2, 0) is 14.3 Å². The first-order valence-corrected chi connectivity index (χ1v) is 6.09. The molecule has 1 N–H and O–H groups in total. The highest BCUT2D eigenvalue weighted by Crippen LogP contribution is 2.22. The van der Waals surface area contributed by atoms with E-state index in [0.29, 0.717) is 0 Å². The number of aliphatic carboxylic acids is 1. The molecule has 2 unspecified atom stereocenters. The Morgan fingerprint density at radius 1 is 1.35 bits per heavy atom. The molecule has 1 aliphatic heterocycles. The highest BCUT2D eigenvalue weighted by atomic mass is 16.5. The van der Waals surface area contributed by atoms with E-state index in [1.807, 2.05) is 18.7 Å². The molecule has 1 rings (SSSR count). The molecule has 0 aliphatic carbocycles. The number of rotatable bonds is 4. The van der Waals surface area contributed by atoms with Gasteiger partial charge in [0.2, 0.25) is 5.91 Å². The van der Waals surface area contributed by atoms with E-state index in [4.69, 9.17) is 9.84 Å². The molecule has 17 heavy (non-hydrogen) atoms. The van der Waals surface area contributed by atoms with E-state index in [1.165, 1.54) is 6.92 Å². The number of carbonyl (C=O) groups excluding carboxylic acids is 1. The Kier molecular flexibility index (Phi) is 4.93. The number of carbonyl (C=O) groups is 2. The van der Waals surface area contributed by atoms with E-state index in [-0.39, 0.29) is 24.6 Å². The second-order valence-corrected chi connectivity index (χ2v) is 4.72. The topological polar surface area (TPSA) is 66.8 Å². The summed E-state index contributed by atoms with van der Waals surface area (Å²) in [6.45, 7) is 5.32. The average Bonchev–Trinajstić information content (AvgIpc) is 2.25. The first-order valence-electron chi connectivity index (χ1n) is 6.09. The van der Waals surface area contributed by atoms with Gasteiger partial charge >= 0.3 is 5.97 Å². The summed E-state index contributed by atoms with van der Waals surface area (Å²) in [5.41, 5.74) is 0. The fraction of sp³-hybridized carbons (Fsp3) is 0.833. The van der Waals surface area contributed by atoms with E-state index < -0.39 is 12.1 Å². The fourth-order valence-electron chi connectivity index (χ4n) is 2.26. The van der Waals surface area contributed by atoms with Gasteiger partial charge in [-0.15, -0.1) is 0 Å². The largest absolute Gasteiger partial charge is 0.479 e. The maximum absolute atomic E-state index is 12.0. The fourth-order valence-corrected chi connectivity index (χ4v) is 2.26. The number of carboxylic acids is 1. The van der Waals surface area contributed by atoms with Gasteiger partial charge in [0.1, 0.15) is 6.61 Å². The van der Waals surface area contributed by atoms with Gasteiger partial charge in [0.25, 0.3) is 0 Å². The van der Waals surface area contributed by atoms with Gasteiger partial charge in [-0.25, -0.2) is 4.79 Å². The molecule has 5 heteroatoms. The Balaban J connectivity index is 2.48. The Bertz CT molecular complexity index is 282. The van der Waals surface area contributed by atoms with Crippen LogP contribution in [0, 0.1) is 0 Å². The highest BCUT2D eigenvalue weighted by Gasteiger charge is 2.29. The van der Waals surface area contributed by atoms with Gasteiger partial charge in [0.15, 0.2) is 6.10 Å². The van der Waals surface area contributed by atoms with Crippen LogP contribution in [0.4, 0.5) is 0 Å². The van der Waals surface area contributed by atoms with Crippen LogP contribution in [0.25, 0.3) is 0 Å². The van der Waals surface area contributed by atoms with Crippen molar-refractivity contribution in [3.8, 4) is 0 Å². The Morgan fingerprint density at radius 3 is 2.35 bits per heavy atom. The summed E-state index contributed by atoms with van der Waals surface area (Å²) in [7, 11) is 0. The van der Waals surface area contributed by atoms with Crippen LogP contribution in [0.1, 0.15) is 40.0 Å². The number of hydrogen-bond donors (Lipinski definition) is 1. The second kappa shape index (κ2) is 6.00. The van der Waals surface area contributed by atoms with Crippen molar-refractivity contribution in [3.05, 3.63) is 0 Å². The zero-order chi connectivity index (χ0) is 13.0. The molecule has 0 spiro atoms. The van der Waals surface area contributed by atoms with Crippen LogP contribution in [0.2, 0.25) is 0 Å². The molecular weight excluding hydrogens is 222 g/mol. The molecule has 0 aromatic heterocycles. The third kappa shape index (κ3) is 3.70. The summed E-state index contributed by atoms with van der Waals surface area (Å²) < 4.78 is 5.02. The normalized spacial score (nSPS) is 26.6. The van der Waals surface area contributed by atoms with Crippen LogP contribution in [0.15, 0.2) is 0 Å². The van der Waals surface area contributed by atoms with Gasteiger partial charge in [-0.1, -0.05) is 0 Å². The monoisotopic (exact) mass is 243 g/mol. The molecule has 0 aromatic carbocycles. The van der Waals surface area contributed by atoms with Gasteiger partial charge in [0, 0.05) is 12.1 Å². The molecule has 3 atom stereocenters. The van der Waals surface area contributed by atoms with E-state index in [0.717, 1.165) is 19.3 Å². The van der Waals surface area contributed by atoms with Gasteiger partial charge < -0.3 is 14.7 Å². The molecule has 1 aliphatic rings. The minimum Gasteiger partial charge on any atom is -0.479 e. The van der Waals surface area contributed by atoms with Crippen molar-refractivity contribution in [3.63, 3.8) is 0 Å². The smallest absolute Gasteiger partial charge is 0.332 e. The molecule has 98 valence electrons. The lowest BCUT2D eigenvalue weighted by atomic mass is 9.97. The molecule has 1 fully saturated rings.